The number of methoxy groups -OCH3 is 1. The molecule has 1 saturated heterocycles. The quantitative estimate of drug-likeness (QED) is 0.833. The van der Waals surface area contributed by atoms with Gasteiger partial charge < -0.3 is 19.4 Å². The summed E-state index contributed by atoms with van der Waals surface area (Å²) in [7, 11) is 5.46. The number of piperazine rings is 1. The molecule has 0 aliphatic carbocycles. The predicted octanol–water partition coefficient (Wildman–Crippen LogP) is 2.36. The van der Waals surface area contributed by atoms with Crippen LogP contribution in [0.3, 0.4) is 0 Å². The van der Waals surface area contributed by atoms with Crippen molar-refractivity contribution in [2.24, 2.45) is 0 Å². The Kier molecular flexibility index (Phi) is 5.64. The first-order chi connectivity index (χ1) is 13.0. The second kappa shape index (κ2) is 8.12. The standard InChI is InChI=1S/C21H25N3O3/c1-22(2)17-8-6-7-16(15-17)20(25)23-11-13-24(14-12-23)21(26)18-9-4-5-10-19(18)27-3/h4-10,15H,11-14H2,1-3H3. The van der Waals surface area contributed by atoms with Crippen molar-refractivity contribution in [1.29, 1.82) is 0 Å². The van der Waals surface area contributed by atoms with E-state index in [1.807, 2.05) is 55.4 Å². The minimum atomic E-state index is -0.0610. The minimum Gasteiger partial charge on any atom is -0.496 e. The largest absolute Gasteiger partial charge is 0.496 e. The molecule has 27 heavy (non-hydrogen) atoms. The topological polar surface area (TPSA) is 53.1 Å². The summed E-state index contributed by atoms with van der Waals surface area (Å²) in [5.41, 5.74) is 2.22. The molecule has 0 spiro atoms. The molecule has 142 valence electrons. The van der Waals surface area contributed by atoms with E-state index in [1.54, 1.807) is 29.0 Å². The Balaban J connectivity index is 1.65. The average Bonchev–Trinajstić information content (AvgIpc) is 2.72. The van der Waals surface area contributed by atoms with Crippen molar-refractivity contribution in [3.8, 4) is 5.75 Å². The number of carbonyl (C=O) groups is 2. The number of amides is 2. The van der Waals surface area contributed by atoms with E-state index in [0.717, 1.165) is 5.69 Å². The summed E-state index contributed by atoms with van der Waals surface area (Å²) in [4.78, 5) is 31.1. The summed E-state index contributed by atoms with van der Waals surface area (Å²) >= 11 is 0. The van der Waals surface area contributed by atoms with Gasteiger partial charge in [0.25, 0.3) is 11.8 Å². The SMILES string of the molecule is COc1ccccc1C(=O)N1CCN(C(=O)c2cccc(N(C)C)c2)CC1. The maximum absolute atomic E-state index is 12.8. The lowest BCUT2D eigenvalue weighted by atomic mass is 10.1. The highest BCUT2D eigenvalue weighted by Crippen LogP contribution is 2.21. The van der Waals surface area contributed by atoms with E-state index < -0.39 is 0 Å². The molecule has 3 rings (SSSR count). The second-order valence-electron chi connectivity index (χ2n) is 6.73. The molecule has 2 amide bonds. The summed E-state index contributed by atoms with van der Waals surface area (Å²) < 4.78 is 5.29. The zero-order valence-corrected chi connectivity index (χ0v) is 16.0. The van der Waals surface area contributed by atoms with E-state index in [-0.39, 0.29) is 11.8 Å². The van der Waals surface area contributed by atoms with Crippen LogP contribution >= 0.6 is 0 Å². The van der Waals surface area contributed by atoms with Gasteiger partial charge in [-0.05, 0) is 30.3 Å². The van der Waals surface area contributed by atoms with Gasteiger partial charge in [0, 0.05) is 51.5 Å². The first kappa shape index (κ1) is 18.8. The van der Waals surface area contributed by atoms with Crippen LogP contribution in [0.4, 0.5) is 5.69 Å². The van der Waals surface area contributed by atoms with Gasteiger partial charge >= 0.3 is 0 Å². The Bertz CT molecular complexity index is 827. The van der Waals surface area contributed by atoms with E-state index in [9.17, 15) is 9.59 Å². The summed E-state index contributed by atoms with van der Waals surface area (Å²) in [6, 6.07) is 14.8. The normalized spacial score (nSPS) is 14.0. The van der Waals surface area contributed by atoms with Crippen molar-refractivity contribution < 1.29 is 14.3 Å². The van der Waals surface area contributed by atoms with Gasteiger partial charge in [0.2, 0.25) is 0 Å². The van der Waals surface area contributed by atoms with Gasteiger partial charge in [0.15, 0.2) is 0 Å². The van der Waals surface area contributed by atoms with Crippen LogP contribution in [0.25, 0.3) is 0 Å². The van der Waals surface area contributed by atoms with Crippen LogP contribution in [0.5, 0.6) is 5.75 Å². The van der Waals surface area contributed by atoms with Gasteiger partial charge in [0.05, 0.1) is 12.7 Å². The highest BCUT2D eigenvalue weighted by Gasteiger charge is 2.26. The van der Waals surface area contributed by atoms with Crippen LogP contribution in [-0.2, 0) is 0 Å². The molecule has 0 saturated carbocycles. The number of rotatable bonds is 4. The maximum Gasteiger partial charge on any atom is 0.257 e. The molecule has 0 atom stereocenters. The van der Waals surface area contributed by atoms with Crippen molar-refractivity contribution in [1.82, 2.24) is 9.80 Å². The molecule has 0 bridgehead atoms. The number of anilines is 1. The summed E-state index contributed by atoms with van der Waals surface area (Å²) in [5, 5.41) is 0. The molecule has 6 heteroatoms. The molecule has 0 radical (unpaired) electrons. The third-order valence-electron chi connectivity index (χ3n) is 4.80. The molecule has 1 fully saturated rings. The Morgan fingerprint density at radius 2 is 1.52 bits per heavy atom. The zero-order valence-electron chi connectivity index (χ0n) is 16.0. The van der Waals surface area contributed by atoms with Crippen LogP contribution in [0.2, 0.25) is 0 Å². The van der Waals surface area contributed by atoms with Crippen LogP contribution in [0.1, 0.15) is 20.7 Å². The predicted molar refractivity (Wildman–Crippen MR) is 106 cm³/mol. The van der Waals surface area contributed by atoms with Gasteiger partial charge in [-0.2, -0.15) is 0 Å². The van der Waals surface area contributed by atoms with Gasteiger partial charge in [-0.25, -0.2) is 0 Å². The number of ether oxygens (including phenoxy) is 1. The number of benzene rings is 2. The van der Waals surface area contributed by atoms with Crippen molar-refractivity contribution in [2.45, 2.75) is 0 Å². The van der Waals surface area contributed by atoms with E-state index in [0.29, 0.717) is 43.1 Å². The van der Waals surface area contributed by atoms with Crippen molar-refractivity contribution >= 4 is 17.5 Å². The maximum atomic E-state index is 12.8. The van der Waals surface area contributed by atoms with Gasteiger partial charge in [-0.15, -0.1) is 0 Å². The third kappa shape index (κ3) is 4.05. The Morgan fingerprint density at radius 3 is 2.15 bits per heavy atom. The molecular weight excluding hydrogens is 342 g/mol. The first-order valence-corrected chi connectivity index (χ1v) is 9.00. The highest BCUT2D eigenvalue weighted by atomic mass is 16.5. The van der Waals surface area contributed by atoms with Crippen molar-refractivity contribution in [3.05, 3.63) is 59.7 Å². The Hall–Kier alpha value is -3.02. The van der Waals surface area contributed by atoms with Gasteiger partial charge in [-0.3, -0.25) is 9.59 Å². The highest BCUT2D eigenvalue weighted by molar-refractivity contribution is 5.98. The van der Waals surface area contributed by atoms with E-state index in [1.165, 1.54) is 0 Å². The summed E-state index contributed by atoms with van der Waals surface area (Å²) in [5.74, 6) is 0.513. The molecule has 2 aromatic rings. The molecule has 1 heterocycles. The van der Waals surface area contributed by atoms with Crippen LogP contribution in [-0.4, -0.2) is 69.0 Å². The monoisotopic (exact) mass is 367 g/mol. The molecule has 0 aromatic heterocycles. The zero-order chi connectivity index (χ0) is 19.4. The molecule has 0 N–H and O–H groups in total. The van der Waals surface area contributed by atoms with Crippen LogP contribution < -0.4 is 9.64 Å². The smallest absolute Gasteiger partial charge is 0.257 e. The molecule has 1 aliphatic rings. The average molecular weight is 367 g/mol. The molecule has 2 aromatic carbocycles. The van der Waals surface area contributed by atoms with Crippen LogP contribution in [0, 0.1) is 0 Å². The second-order valence-corrected chi connectivity index (χ2v) is 6.73. The van der Waals surface area contributed by atoms with E-state index in [2.05, 4.69) is 0 Å². The van der Waals surface area contributed by atoms with Crippen LogP contribution in [0.15, 0.2) is 48.5 Å². The number of hydrogen-bond acceptors (Lipinski definition) is 4. The van der Waals surface area contributed by atoms with E-state index >= 15 is 0 Å². The van der Waals surface area contributed by atoms with Gasteiger partial charge in [0.1, 0.15) is 5.75 Å². The Labute approximate surface area is 159 Å². The Morgan fingerprint density at radius 1 is 0.889 bits per heavy atom. The lowest BCUT2D eigenvalue weighted by molar-refractivity contribution is 0.0533. The fourth-order valence-electron chi connectivity index (χ4n) is 3.20. The molecule has 0 unspecified atom stereocenters. The van der Waals surface area contributed by atoms with E-state index in [4.69, 9.17) is 4.74 Å². The lowest BCUT2D eigenvalue weighted by Crippen LogP contribution is -2.50. The first-order valence-electron chi connectivity index (χ1n) is 9.00. The molecule has 1 aliphatic heterocycles. The fourth-order valence-corrected chi connectivity index (χ4v) is 3.20. The van der Waals surface area contributed by atoms with Crippen molar-refractivity contribution in [2.75, 3.05) is 52.3 Å². The van der Waals surface area contributed by atoms with Crippen molar-refractivity contribution in [3.63, 3.8) is 0 Å². The number of nitrogens with zero attached hydrogens (tertiary/aromatic N) is 3. The third-order valence-corrected chi connectivity index (χ3v) is 4.80. The van der Waals surface area contributed by atoms with Gasteiger partial charge in [-0.1, -0.05) is 18.2 Å². The lowest BCUT2D eigenvalue weighted by Gasteiger charge is -2.35. The number of hydrogen-bond donors (Lipinski definition) is 0. The summed E-state index contributed by atoms with van der Waals surface area (Å²) in [6.45, 7) is 2.06. The number of para-hydroxylation sites is 1. The molecule has 6 nitrogen and oxygen atoms in total. The fraction of sp³-hybridized carbons (Fsp3) is 0.333. The number of carbonyl (C=O) groups excluding carboxylic acids is 2. The minimum absolute atomic E-state index is 0.00286. The molecular formula is C21H25N3O3. The summed E-state index contributed by atoms with van der Waals surface area (Å²) in [6.07, 6.45) is 0.